The second kappa shape index (κ2) is 7.35. The molecule has 0 aliphatic heterocycles. The number of nitrogens with zero attached hydrogens (tertiary/aromatic N) is 1. The Labute approximate surface area is 126 Å². The molecule has 0 atom stereocenters. The highest BCUT2D eigenvalue weighted by Gasteiger charge is 2.03. The monoisotopic (exact) mass is 280 g/mol. The number of ether oxygens (including phenoxy) is 1. The molecule has 2 rings (SSSR count). The summed E-state index contributed by atoms with van der Waals surface area (Å²) in [5.74, 6) is 0.727. The van der Waals surface area contributed by atoms with Crippen molar-refractivity contribution in [1.29, 1.82) is 5.26 Å². The number of hydrogen-bond acceptors (Lipinski definition) is 3. The number of aryl methyl sites for hydroxylation is 2. The molecule has 0 radical (unpaired) electrons. The van der Waals surface area contributed by atoms with E-state index < -0.39 is 0 Å². The molecule has 1 N–H and O–H groups in total. The molecule has 0 aliphatic rings. The Balaban J connectivity index is 2.02. The highest BCUT2D eigenvalue weighted by Crippen LogP contribution is 2.22. The fourth-order valence-corrected chi connectivity index (χ4v) is 2.29. The van der Waals surface area contributed by atoms with E-state index in [0.717, 1.165) is 18.7 Å². The Bertz CT molecular complexity index is 627. The lowest BCUT2D eigenvalue weighted by atomic mass is 10.1. The van der Waals surface area contributed by atoms with Gasteiger partial charge in [-0.2, -0.15) is 5.26 Å². The molecule has 0 fully saturated rings. The van der Waals surface area contributed by atoms with E-state index in [-0.39, 0.29) is 6.61 Å². The van der Waals surface area contributed by atoms with Crippen molar-refractivity contribution in [3.63, 3.8) is 0 Å². The molecular weight excluding hydrogens is 260 g/mol. The Kier molecular flexibility index (Phi) is 5.22. The maximum absolute atomic E-state index is 8.48. The van der Waals surface area contributed by atoms with Gasteiger partial charge in [-0.05, 0) is 42.2 Å². The molecule has 0 spiro atoms. The van der Waals surface area contributed by atoms with Crippen molar-refractivity contribution in [3.05, 3.63) is 59.2 Å². The number of benzene rings is 2. The molecule has 2 aromatic rings. The summed E-state index contributed by atoms with van der Waals surface area (Å²) < 4.78 is 5.25. The number of anilines is 1. The molecule has 0 saturated heterocycles. The largest absolute Gasteiger partial charge is 0.479 e. The van der Waals surface area contributed by atoms with Crippen LogP contribution in [0.1, 0.15) is 23.6 Å². The zero-order valence-corrected chi connectivity index (χ0v) is 12.5. The van der Waals surface area contributed by atoms with Gasteiger partial charge in [-0.1, -0.05) is 37.3 Å². The Morgan fingerprint density at radius 1 is 1.14 bits per heavy atom. The lowest BCUT2D eigenvalue weighted by molar-refractivity contribution is 0.368. The first-order valence-electron chi connectivity index (χ1n) is 7.15. The molecule has 0 unspecified atom stereocenters. The first-order chi connectivity index (χ1) is 10.2. The van der Waals surface area contributed by atoms with Gasteiger partial charge < -0.3 is 10.1 Å². The van der Waals surface area contributed by atoms with Crippen LogP contribution in [-0.4, -0.2) is 6.61 Å². The number of nitriles is 1. The fourth-order valence-electron chi connectivity index (χ4n) is 2.29. The molecule has 21 heavy (non-hydrogen) atoms. The summed E-state index contributed by atoms with van der Waals surface area (Å²) in [6.07, 6.45) is 1.02. The van der Waals surface area contributed by atoms with E-state index in [1.54, 1.807) is 0 Å². The molecule has 0 amide bonds. The molecule has 0 bridgehead atoms. The minimum atomic E-state index is 0.0840. The summed E-state index contributed by atoms with van der Waals surface area (Å²) in [6.45, 7) is 5.15. The number of rotatable bonds is 6. The Morgan fingerprint density at radius 3 is 2.57 bits per heavy atom. The van der Waals surface area contributed by atoms with Crippen LogP contribution in [0.2, 0.25) is 0 Å². The van der Waals surface area contributed by atoms with E-state index in [9.17, 15) is 0 Å². The normalized spacial score (nSPS) is 9.95. The van der Waals surface area contributed by atoms with Crippen LogP contribution in [0.25, 0.3) is 0 Å². The molecular formula is C18H20N2O. The average Bonchev–Trinajstić information content (AvgIpc) is 2.52. The highest BCUT2D eigenvalue weighted by molar-refractivity contribution is 5.57. The Morgan fingerprint density at radius 2 is 1.90 bits per heavy atom. The van der Waals surface area contributed by atoms with Crippen LogP contribution in [0.15, 0.2) is 42.5 Å². The predicted octanol–water partition coefficient (Wildman–Crippen LogP) is 4.07. The smallest absolute Gasteiger partial charge is 0.174 e. The highest BCUT2D eigenvalue weighted by atomic mass is 16.5. The van der Waals surface area contributed by atoms with Gasteiger partial charge in [0.1, 0.15) is 11.8 Å². The van der Waals surface area contributed by atoms with Crippen LogP contribution in [0.4, 0.5) is 5.69 Å². The molecule has 2 aromatic carbocycles. The zero-order valence-electron chi connectivity index (χ0n) is 12.5. The molecule has 3 nitrogen and oxygen atoms in total. The van der Waals surface area contributed by atoms with Crippen LogP contribution in [0.3, 0.4) is 0 Å². The van der Waals surface area contributed by atoms with E-state index in [1.165, 1.54) is 22.4 Å². The van der Waals surface area contributed by atoms with Gasteiger partial charge in [0, 0.05) is 12.2 Å². The molecule has 0 saturated carbocycles. The van der Waals surface area contributed by atoms with Crippen molar-refractivity contribution in [3.8, 4) is 11.8 Å². The van der Waals surface area contributed by atoms with E-state index >= 15 is 0 Å². The van der Waals surface area contributed by atoms with Gasteiger partial charge in [-0.25, -0.2) is 0 Å². The third-order valence-corrected chi connectivity index (χ3v) is 3.44. The van der Waals surface area contributed by atoms with Crippen LogP contribution in [-0.2, 0) is 13.0 Å². The maximum Gasteiger partial charge on any atom is 0.174 e. The van der Waals surface area contributed by atoms with Crippen molar-refractivity contribution in [2.75, 3.05) is 11.9 Å². The molecule has 108 valence electrons. The quantitative estimate of drug-likeness (QED) is 0.867. The second-order valence-electron chi connectivity index (χ2n) is 4.91. The summed E-state index contributed by atoms with van der Waals surface area (Å²) >= 11 is 0. The lowest BCUT2D eigenvalue weighted by Crippen LogP contribution is -2.04. The lowest BCUT2D eigenvalue weighted by Gasteiger charge is -2.14. The van der Waals surface area contributed by atoms with Crippen LogP contribution in [0, 0.1) is 18.3 Å². The van der Waals surface area contributed by atoms with Gasteiger partial charge in [0.05, 0.1) is 0 Å². The Hall–Kier alpha value is -2.47. The standard InChI is InChI=1S/C18H20N2O/c1-3-16-6-4-5-14(2)18(16)20-13-15-7-9-17(10-8-15)21-12-11-19/h4-10,20H,3,12-13H2,1-2H3. The summed E-state index contributed by atoms with van der Waals surface area (Å²) in [5, 5.41) is 12.0. The van der Waals surface area contributed by atoms with E-state index in [0.29, 0.717) is 0 Å². The molecule has 0 aliphatic carbocycles. The van der Waals surface area contributed by atoms with Gasteiger partial charge in [0.15, 0.2) is 6.61 Å². The van der Waals surface area contributed by atoms with Gasteiger partial charge in [0.25, 0.3) is 0 Å². The maximum atomic E-state index is 8.48. The van der Waals surface area contributed by atoms with Gasteiger partial charge in [-0.15, -0.1) is 0 Å². The topological polar surface area (TPSA) is 45.0 Å². The van der Waals surface area contributed by atoms with Gasteiger partial charge in [0.2, 0.25) is 0 Å². The molecule has 0 aromatic heterocycles. The van der Waals surface area contributed by atoms with Crippen molar-refractivity contribution in [1.82, 2.24) is 0 Å². The van der Waals surface area contributed by atoms with Gasteiger partial charge >= 0.3 is 0 Å². The second-order valence-corrected chi connectivity index (χ2v) is 4.91. The number of nitrogens with one attached hydrogen (secondary N) is 1. The summed E-state index contributed by atoms with van der Waals surface area (Å²) in [7, 11) is 0. The predicted molar refractivity (Wildman–Crippen MR) is 85.4 cm³/mol. The van der Waals surface area contributed by atoms with Crippen molar-refractivity contribution in [2.24, 2.45) is 0 Å². The molecule has 0 heterocycles. The minimum absolute atomic E-state index is 0.0840. The number of hydrogen-bond donors (Lipinski definition) is 1. The van der Waals surface area contributed by atoms with Crippen LogP contribution < -0.4 is 10.1 Å². The van der Waals surface area contributed by atoms with Crippen molar-refractivity contribution in [2.45, 2.75) is 26.8 Å². The van der Waals surface area contributed by atoms with Crippen LogP contribution in [0.5, 0.6) is 5.75 Å². The SMILES string of the molecule is CCc1cccc(C)c1NCc1ccc(OCC#N)cc1. The average molecular weight is 280 g/mol. The first-order valence-corrected chi connectivity index (χ1v) is 7.15. The summed E-state index contributed by atoms with van der Waals surface area (Å²) in [4.78, 5) is 0. The summed E-state index contributed by atoms with van der Waals surface area (Å²) in [5.41, 5.74) is 5.02. The van der Waals surface area contributed by atoms with E-state index in [1.807, 2.05) is 30.3 Å². The first kappa shape index (κ1) is 14.9. The van der Waals surface area contributed by atoms with Crippen LogP contribution >= 0.6 is 0 Å². The van der Waals surface area contributed by atoms with E-state index in [2.05, 4.69) is 37.4 Å². The van der Waals surface area contributed by atoms with Crippen molar-refractivity contribution < 1.29 is 4.74 Å². The van der Waals surface area contributed by atoms with Crippen molar-refractivity contribution >= 4 is 5.69 Å². The summed E-state index contributed by atoms with van der Waals surface area (Å²) in [6, 6.07) is 16.2. The third kappa shape index (κ3) is 4.00. The van der Waals surface area contributed by atoms with E-state index in [4.69, 9.17) is 10.00 Å². The number of para-hydroxylation sites is 1. The van der Waals surface area contributed by atoms with Gasteiger partial charge in [-0.3, -0.25) is 0 Å². The molecule has 3 heteroatoms. The fraction of sp³-hybridized carbons (Fsp3) is 0.278. The third-order valence-electron chi connectivity index (χ3n) is 3.44. The minimum Gasteiger partial charge on any atom is -0.479 e. The zero-order chi connectivity index (χ0) is 15.1.